The van der Waals surface area contributed by atoms with Gasteiger partial charge in [0.15, 0.2) is 0 Å². The lowest BCUT2D eigenvalue weighted by atomic mass is 10.1. The van der Waals surface area contributed by atoms with Crippen LogP contribution >= 0.6 is 11.3 Å². The molecule has 1 N–H and O–H groups in total. The number of nitrogens with zero attached hydrogens (tertiary/aromatic N) is 1. The highest BCUT2D eigenvalue weighted by Gasteiger charge is 2.23. The summed E-state index contributed by atoms with van der Waals surface area (Å²) in [4.78, 5) is 13.6. The first-order valence-electron chi connectivity index (χ1n) is 7.81. The minimum absolute atomic E-state index is 0.151. The Morgan fingerprint density at radius 1 is 1.21 bits per heavy atom. The fraction of sp³-hybridized carbons (Fsp3) is 0.353. The molecule has 5 nitrogen and oxygen atoms in total. The predicted molar refractivity (Wildman–Crippen MR) is 96.8 cm³/mol. The van der Waals surface area contributed by atoms with Crippen LogP contribution in [0.4, 0.5) is 0 Å². The van der Waals surface area contributed by atoms with E-state index in [-0.39, 0.29) is 10.8 Å². The van der Waals surface area contributed by atoms with E-state index < -0.39 is 10.0 Å². The summed E-state index contributed by atoms with van der Waals surface area (Å²) in [5.41, 5.74) is 1.14. The van der Waals surface area contributed by atoms with E-state index in [4.69, 9.17) is 0 Å². The minimum atomic E-state index is -3.58. The molecule has 7 heteroatoms. The van der Waals surface area contributed by atoms with Gasteiger partial charge in [0.1, 0.15) is 0 Å². The second-order valence-corrected chi connectivity index (χ2v) is 8.30. The van der Waals surface area contributed by atoms with Gasteiger partial charge >= 0.3 is 0 Å². The number of thiophene rings is 1. The number of benzene rings is 1. The van der Waals surface area contributed by atoms with Crippen molar-refractivity contribution >= 4 is 27.3 Å². The molecule has 1 aromatic carbocycles. The van der Waals surface area contributed by atoms with E-state index in [1.54, 1.807) is 44.2 Å². The Morgan fingerprint density at radius 3 is 2.50 bits per heavy atom. The molecule has 0 saturated heterocycles. The first-order chi connectivity index (χ1) is 11.4. The summed E-state index contributed by atoms with van der Waals surface area (Å²) in [6, 6.07) is 8.57. The van der Waals surface area contributed by atoms with Crippen LogP contribution in [0.2, 0.25) is 0 Å². The zero-order valence-electron chi connectivity index (χ0n) is 14.1. The number of rotatable bonds is 7. The smallest absolute Gasteiger partial charge is 0.251 e. The van der Waals surface area contributed by atoms with Crippen LogP contribution in [0.25, 0.3) is 0 Å². The Bertz CT molecular complexity index is 795. The summed E-state index contributed by atoms with van der Waals surface area (Å²) >= 11 is 1.56. The quantitative estimate of drug-likeness (QED) is 0.819. The van der Waals surface area contributed by atoms with Crippen LogP contribution in [0.1, 0.15) is 34.6 Å². The zero-order chi connectivity index (χ0) is 17.7. The van der Waals surface area contributed by atoms with Gasteiger partial charge in [-0.3, -0.25) is 4.79 Å². The van der Waals surface area contributed by atoms with Crippen molar-refractivity contribution in [2.45, 2.75) is 32.2 Å². The van der Waals surface area contributed by atoms with Gasteiger partial charge in [-0.2, -0.15) is 4.31 Å². The standard InChI is InChI=1S/C17H22N2O3S2/c1-4-19(5-2)24(21,22)15-9-8-13(3)16(11-15)17(20)18-12-14-7-6-10-23-14/h6-11H,4-5,12H2,1-3H3,(H,18,20). The third-order valence-electron chi connectivity index (χ3n) is 3.80. The van der Waals surface area contributed by atoms with Crippen LogP contribution in [0.5, 0.6) is 0 Å². The van der Waals surface area contributed by atoms with Gasteiger partial charge in [0, 0.05) is 23.5 Å². The lowest BCUT2D eigenvalue weighted by molar-refractivity contribution is 0.0950. The zero-order valence-corrected chi connectivity index (χ0v) is 15.7. The Labute approximate surface area is 147 Å². The second kappa shape index (κ2) is 7.92. The normalized spacial score (nSPS) is 11.7. The highest BCUT2D eigenvalue weighted by molar-refractivity contribution is 7.89. The van der Waals surface area contributed by atoms with E-state index >= 15 is 0 Å². The van der Waals surface area contributed by atoms with E-state index in [0.29, 0.717) is 25.2 Å². The molecule has 0 aliphatic carbocycles. The molecule has 0 aliphatic heterocycles. The number of hydrogen-bond donors (Lipinski definition) is 1. The molecule has 1 amide bonds. The molecule has 130 valence electrons. The van der Waals surface area contributed by atoms with Crippen molar-refractivity contribution in [1.29, 1.82) is 0 Å². The summed E-state index contributed by atoms with van der Waals surface area (Å²) in [5, 5.41) is 4.79. The molecule has 0 fully saturated rings. The van der Waals surface area contributed by atoms with Crippen LogP contribution < -0.4 is 5.32 Å². The molecule has 2 aromatic rings. The SMILES string of the molecule is CCN(CC)S(=O)(=O)c1ccc(C)c(C(=O)NCc2cccs2)c1. The molecule has 1 heterocycles. The minimum Gasteiger partial charge on any atom is -0.347 e. The number of aryl methyl sites for hydroxylation is 1. The highest BCUT2D eigenvalue weighted by atomic mass is 32.2. The molecule has 2 rings (SSSR count). The van der Waals surface area contributed by atoms with Crippen LogP contribution in [-0.2, 0) is 16.6 Å². The maximum Gasteiger partial charge on any atom is 0.251 e. The average Bonchev–Trinajstić information content (AvgIpc) is 3.07. The first-order valence-corrected chi connectivity index (χ1v) is 10.1. The largest absolute Gasteiger partial charge is 0.347 e. The van der Waals surface area contributed by atoms with Crippen molar-refractivity contribution in [3.05, 3.63) is 51.7 Å². The molecule has 1 aromatic heterocycles. The van der Waals surface area contributed by atoms with E-state index in [9.17, 15) is 13.2 Å². The van der Waals surface area contributed by atoms with Gasteiger partial charge in [0.05, 0.1) is 11.4 Å². The molecule has 0 saturated carbocycles. The molecule has 24 heavy (non-hydrogen) atoms. The Balaban J connectivity index is 2.26. The summed E-state index contributed by atoms with van der Waals surface area (Å²) < 4.78 is 26.6. The van der Waals surface area contributed by atoms with E-state index in [1.165, 1.54) is 10.4 Å². The molecule has 0 bridgehead atoms. The van der Waals surface area contributed by atoms with Gasteiger partial charge in [-0.25, -0.2) is 8.42 Å². The Kier molecular flexibility index (Phi) is 6.15. The molecule has 0 aliphatic rings. The van der Waals surface area contributed by atoms with E-state index in [2.05, 4.69) is 5.32 Å². The van der Waals surface area contributed by atoms with Crippen molar-refractivity contribution < 1.29 is 13.2 Å². The van der Waals surface area contributed by atoms with Crippen LogP contribution in [0.15, 0.2) is 40.6 Å². The van der Waals surface area contributed by atoms with Crippen molar-refractivity contribution in [2.75, 3.05) is 13.1 Å². The van der Waals surface area contributed by atoms with Crippen molar-refractivity contribution in [1.82, 2.24) is 9.62 Å². The van der Waals surface area contributed by atoms with Gasteiger partial charge in [-0.05, 0) is 36.1 Å². The van der Waals surface area contributed by atoms with Crippen molar-refractivity contribution in [2.24, 2.45) is 0 Å². The number of nitrogens with one attached hydrogen (secondary N) is 1. The Morgan fingerprint density at radius 2 is 1.92 bits per heavy atom. The topological polar surface area (TPSA) is 66.5 Å². The average molecular weight is 367 g/mol. The Hall–Kier alpha value is -1.70. The molecular weight excluding hydrogens is 344 g/mol. The number of carbonyl (C=O) groups excluding carboxylic acids is 1. The number of sulfonamides is 1. The molecule has 0 spiro atoms. The van der Waals surface area contributed by atoms with Gasteiger partial charge in [-0.1, -0.05) is 26.0 Å². The molecule has 0 unspecified atom stereocenters. The van der Waals surface area contributed by atoms with E-state index in [1.807, 2.05) is 17.5 Å². The monoisotopic (exact) mass is 366 g/mol. The van der Waals surface area contributed by atoms with Crippen LogP contribution in [0.3, 0.4) is 0 Å². The highest BCUT2D eigenvalue weighted by Crippen LogP contribution is 2.20. The van der Waals surface area contributed by atoms with Gasteiger partial charge in [0.2, 0.25) is 10.0 Å². The predicted octanol–water partition coefficient (Wildman–Crippen LogP) is 3.02. The number of hydrogen-bond acceptors (Lipinski definition) is 4. The summed E-state index contributed by atoms with van der Waals surface area (Å²) in [7, 11) is -3.58. The summed E-state index contributed by atoms with van der Waals surface area (Å²) in [6.07, 6.45) is 0. The first kappa shape index (κ1) is 18.6. The fourth-order valence-corrected chi connectivity index (χ4v) is 4.52. The van der Waals surface area contributed by atoms with Crippen LogP contribution in [-0.4, -0.2) is 31.7 Å². The third kappa shape index (κ3) is 4.03. The molecule has 0 atom stereocenters. The number of carbonyl (C=O) groups is 1. The second-order valence-electron chi connectivity index (χ2n) is 5.33. The van der Waals surface area contributed by atoms with Gasteiger partial charge < -0.3 is 5.32 Å². The maximum absolute atomic E-state index is 12.6. The summed E-state index contributed by atoms with van der Waals surface area (Å²) in [6.45, 7) is 6.61. The molecule has 0 radical (unpaired) electrons. The van der Waals surface area contributed by atoms with Crippen molar-refractivity contribution in [3.63, 3.8) is 0 Å². The lowest BCUT2D eigenvalue weighted by Crippen LogP contribution is -2.31. The van der Waals surface area contributed by atoms with Gasteiger partial charge in [0.25, 0.3) is 5.91 Å². The lowest BCUT2D eigenvalue weighted by Gasteiger charge is -2.19. The molecular formula is C17H22N2O3S2. The van der Waals surface area contributed by atoms with Crippen molar-refractivity contribution in [3.8, 4) is 0 Å². The van der Waals surface area contributed by atoms with Gasteiger partial charge in [-0.15, -0.1) is 11.3 Å². The maximum atomic E-state index is 12.6. The van der Waals surface area contributed by atoms with Crippen LogP contribution in [0, 0.1) is 6.92 Å². The number of amides is 1. The fourth-order valence-electron chi connectivity index (χ4n) is 2.39. The summed E-state index contributed by atoms with van der Waals surface area (Å²) in [5.74, 6) is -0.266. The van der Waals surface area contributed by atoms with E-state index in [0.717, 1.165) is 10.4 Å². The third-order valence-corrected chi connectivity index (χ3v) is 6.72.